The third kappa shape index (κ3) is 7.37. The number of ether oxygens (including phenoxy) is 1. The van der Waals surface area contributed by atoms with Crippen LogP contribution in [0.25, 0.3) is 11.1 Å². The summed E-state index contributed by atoms with van der Waals surface area (Å²) in [6.07, 6.45) is 14.1. The van der Waals surface area contributed by atoms with E-state index in [2.05, 4.69) is 45.0 Å². The minimum atomic E-state index is -0.232. The quantitative estimate of drug-likeness (QED) is 0.326. The number of halogens is 1. The summed E-state index contributed by atoms with van der Waals surface area (Å²) >= 11 is 0. The van der Waals surface area contributed by atoms with Crippen LogP contribution in [0.2, 0.25) is 0 Å². The van der Waals surface area contributed by atoms with E-state index in [0.717, 1.165) is 23.5 Å². The monoisotopic (exact) mass is 424 g/mol. The summed E-state index contributed by atoms with van der Waals surface area (Å²) in [6.45, 7) is 6.60. The molecule has 1 fully saturated rings. The maximum Gasteiger partial charge on any atom is 0.127 e. The lowest BCUT2D eigenvalue weighted by atomic mass is 9.77. The molecule has 0 saturated heterocycles. The smallest absolute Gasteiger partial charge is 0.127 e. The van der Waals surface area contributed by atoms with Crippen molar-refractivity contribution in [3.63, 3.8) is 0 Å². The first-order valence-corrected chi connectivity index (χ1v) is 12.7. The second-order valence-corrected chi connectivity index (χ2v) is 9.58. The van der Waals surface area contributed by atoms with Crippen LogP contribution >= 0.6 is 0 Å². The molecule has 1 aliphatic rings. The van der Waals surface area contributed by atoms with E-state index < -0.39 is 0 Å². The molecule has 1 unspecified atom stereocenters. The van der Waals surface area contributed by atoms with E-state index in [4.69, 9.17) is 4.74 Å². The summed E-state index contributed by atoms with van der Waals surface area (Å²) in [5.74, 6) is 2.02. The molecule has 0 N–H and O–H groups in total. The van der Waals surface area contributed by atoms with Crippen LogP contribution in [0.1, 0.15) is 103 Å². The molecule has 2 heteroatoms. The van der Waals surface area contributed by atoms with Gasteiger partial charge in [-0.1, -0.05) is 70.2 Å². The largest absolute Gasteiger partial charge is 0.491 e. The molecule has 0 radical (unpaired) electrons. The maximum absolute atomic E-state index is 14.3. The number of hydrogen-bond acceptors (Lipinski definition) is 1. The highest BCUT2D eigenvalue weighted by Crippen LogP contribution is 2.38. The van der Waals surface area contributed by atoms with Gasteiger partial charge < -0.3 is 4.74 Å². The van der Waals surface area contributed by atoms with Gasteiger partial charge in [0.2, 0.25) is 0 Å². The van der Waals surface area contributed by atoms with Crippen molar-refractivity contribution in [1.29, 1.82) is 0 Å². The van der Waals surface area contributed by atoms with E-state index in [1.54, 1.807) is 6.07 Å². The lowest BCUT2D eigenvalue weighted by Crippen LogP contribution is -2.13. The molecule has 0 bridgehead atoms. The van der Waals surface area contributed by atoms with Crippen LogP contribution in [0, 0.1) is 11.7 Å². The van der Waals surface area contributed by atoms with Gasteiger partial charge >= 0.3 is 0 Å². The molecule has 0 aliphatic heterocycles. The van der Waals surface area contributed by atoms with E-state index in [9.17, 15) is 4.39 Å². The Hall–Kier alpha value is -1.83. The molecule has 1 nitrogen and oxygen atoms in total. The first-order chi connectivity index (χ1) is 15.1. The standard InChI is InChI=1S/C29H41FO/c1-4-6-7-8-10-22(3)31-29-20-27(19-28(30)21-29)26-17-15-25(16-18-26)24-13-11-23(9-5-2)12-14-24/h15-24H,4-14H2,1-3H3. The fourth-order valence-corrected chi connectivity index (χ4v) is 5.09. The van der Waals surface area contributed by atoms with Crippen LogP contribution in [-0.2, 0) is 0 Å². The molecule has 2 aromatic rings. The zero-order chi connectivity index (χ0) is 22.1. The van der Waals surface area contributed by atoms with Crippen molar-refractivity contribution in [2.75, 3.05) is 0 Å². The molecule has 3 rings (SSSR count). The third-order valence-electron chi connectivity index (χ3n) is 6.93. The molecule has 2 aromatic carbocycles. The Balaban J connectivity index is 1.61. The van der Waals surface area contributed by atoms with Gasteiger partial charge in [0.15, 0.2) is 0 Å². The lowest BCUT2D eigenvalue weighted by molar-refractivity contribution is 0.205. The molecular formula is C29H41FO. The first-order valence-electron chi connectivity index (χ1n) is 12.7. The van der Waals surface area contributed by atoms with Crippen molar-refractivity contribution in [2.24, 2.45) is 5.92 Å². The molecule has 0 heterocycles. The predicted molar refractivity (Wildman–Crippen MR) is 130 cm³/mol. The Kier molecular flexibility index (Phi) is 9.43. The highest BCUT2D eigenvalue weighted by molar-refractivity contribution is 5.65. The van der Waals surface area contributed by atoms with Crippen LogP contribution in [0.3, 0.4) is 0 Å². The summed E-state index contributed by atoms with van der Waals surface area (Å²) in [4.78, 5) is 0. The second kappa shape index (κ2) is 12.3. The molecule has 0 amide bonds. The van der Waals surface area contributed by atoms with Crippen molar-refractivity contribution < 1.29 is 9.13 Å². The Morgan fingerprint density at radius 2 is 1.61 bits per heavy atom. The molecular weight excluding hydrogens is 383 g/mol. The summed E-state index contributed by atoms with van der Waals surface area (Å²) in [6, 6.07) is 13.9. The summed E-state index contributed by atoms with van der Waals surface area (Å²) in [5.41, 5.74) is 3.39. The van der Waals surface area contributed by atoms with Gasteiger partial charge in [0, 0.05) is 6.07 Å². The highest BCUT2D eigenvalue weighted by Gasteiger charge is 2.21. The number of unbranched alkanes of at least 4 members (excludes halogenated alkanes) is 3. The summed E-state index contributed by atoms with van der Waals surface area (Å²) < 4.78 is 20.4. The minimum Gasteiger partial charge on any atom is -0.491 e. The van der Waals surface area contributed by atoms with Crippen LogP contribution in [-0.4, -0.2) is 6.10 Å². The van der Waals surface area contributed by atoms with E-state index in [-0.39, 0.29) is 11.9 Å². The molecule has 31 heavy (non-hydrogen) atoms. The normalized spacial score (nSPS) is 19.9. The Bertz CT molecular complexity index is 774. The van der Waals surface area contributed by atoms with Gasteiger partial charge in [0.1, 0.15) is 11.6 Å². The lowest BCUT2D eigenvalue weighted by Gasteiger charge is -2.28. The minimum absolute atomic E-state index is 0.108. The van der Waals surface area contributed by atoms with E-state index >= 15 is 0 Å². The molecule has 0 aromatic heterocycles. The van der Waals surface area contributed by atoms with Crippen molar-refractivity contribution in [3.05, 3.63) is 53.8 Å². The van der Waals surface area contributed by atoms with E-state index in [1.165, 1.54) is 75.8 Å². The molecule has 0 spiro atoms. The van der Waals surface area contributed by atoms with Crippen LogP contribution in [0.4, 0.5) is 4.39 Å². The van der Waals surface area contributed by atoms with Gasteiger partial charge in [-0.15, -0.1) is 0 Å². The SMILES string of the molecule is CCCCCCC(C)Oc1cc(F)cc(-c2ccc(C3CCC(CCC)CC3)cc2)c1. The number of benzene rings is 2. The van der Waals surface area contributed by atoms with Crippen molar-refractivity contribution in [1.82, 2.24) is 0 Å². The Morgan fingerprint density at radius 3 is 2.29 bits per heavy atom. The fraction of sp³-hybridized carbons (Fsp3) is 0.586. The van der Waals surface area contributed by atoms with Gasteiger partial charge in [0.25, 0.3) is 0 Å². The average molecular weight is 425 g/mol. The highest BCUT2D eigenvalue weighted by atomic mass is 19.1. The second-order valence-electron chi connectivity index (χ2n) is 9.58. The van der Waals surface area contributed by atoms with Crippen molar-refractivity contribution in [3.8, 4) is 16.9 Å². The zero-order valence-corrected chi connectivity index (χ0v) is 19.8. The molecule has 170 valence electrons. The topological polar surface area (TPSA) is 9.23 Å². The molecule has 1 saturated carbocycles. The average Bonchev–Trinajstić information content (AvgIpc) is 2.77. The first kappa shape index (κ1) is 23.8. The summed E-state index contributed by atoms with van der Waals surface area (Å²) in [7, 11) is 0. The van der Waals surface area contributed by atoms with Gasteiger partial charge in [-0.3, -0.25) is 0 Å². The van der Waals surface area contributed by atoms with E-state index in [1.807, 2.05) is 6.07 Å². The Morgan fingerprint density at radius 1 is 0.871 bits per heavy atom. The zero-order valence-electron chi connectivity index (χ0n) is 19.8. The van der Waals surface area contributed by atoms with Gasteiger partial charge in [-0.25, -0.2) is 4.39 Å². The fourth-order valence-electron chi connectivity index (χ4n) is 5.09. The van der Waals surface area contributed by atoms with E-state index in [0.29, 0.717) is 11.7 Å². The van der Waals surface area contributed by atoms with Gasteiger partial charge in [0.05, 0.1) is 6.10 Å². The van der Waals surface area contributed by atoms with Crippen LogP contribution < -0.4 is 4.74 Å². The summed E-state index contributed by atoms with van der Waals surface area (Å²) in [5, 5.41) is 0. The van der Waals surface area contributed by atoms with Crippen LogP contribution in [0.5, 0.6) is 5.75 Å². The van der Waals surface area contributed by atoms with Crippen LogP contribution in [0.15, 0.2) is 42.5 Å². The third-order valence-corrected chi connectivity index (χ3v) is 6.93. The van der Waals surface area contributed by atoms with Crippen molar-refractivity contribution >= 4 is 0 Å². The van der Waals surface area contributed by atoms with Gasteiger partial charge in [-0.05, 0) is 86.1 Å². The molecule has 1 aliphatic carbocycles. The Labute approximate surface area is 189 Å². The molecule has 1 atom stereocenters. The van der Waals surface area contributed by atoms with Crippen molar-refractivity contribution in [2.45, 2.75) is 103 Å². The van der Waals surface area contributed by atoms with Gasteiger partial charge in [-0.2, -0.15) is 0 Å². The number of rotatable bonds is 11. The number of hydrogen-bond donors (Lipinski definition) is 0. The predicted octanol–water partition coefficient (Wildman–Crippen LogP) is 9.30. The maximum atomic E-state index is 14.3.